The molecule has 0 aliphatic carbocycles. The van der Waals surface area contributed by atoms with Crippen molar-refractivity contribution in [1.29, 1.82) is 0 Å². The van der Waals surface area contributed by atoms with E-state index in [2.05, 4.69) is 10.2 Å². The first-order chi connectivity index (χ1) is 7.78. The van der Waals surface area contributed by atoms with Crippen molar-refractivity contribution in [2.75, 3.05) is 26.7 Å². The van der Waals surface area contributed by atoms with Crippen LogP contribution in [0.2, 0.25) is 0 Å². The second kappa shape index (κ2) is 5.39. The fourth-order valence-corrected chi connectivity index (χ4v) is 1.87. The fourth-order valence-electron chi connectivity index (χ4n) is 1.87. The second-order valence-corrected chi connectivity index (χ2v) is 4.01. The molecule has 1 aliphatic rings. The normalized spacial score (nSPS) is 22.2. The van der Waals surface area contributed by atoms with Crippen molar-refractivity contribution in [3.8, 4) is 0 Å². The average Bonchev–Trinajstić information content (AvgIpc) is 2.32. The van der Waals surface area contributed by atoms with Crippen LogP contribution in [0, 0.1) is 5.82 Å². The molecule has 1 atom stereocenters. The Balaban J connectivity index is 1.91. The summed E-state index contributed by atoms with van der Waals surface area (Å²) < 4.78 is 18.2. The lowest BCUT2D eigenvalue weighted by atomic mass is 10.2. The number of hydrogen-bond acceptors (Lipinski definition) is 3. The van der Waals surface area contributed by atoms with E-state index in [1.54, 1.807) is 0 Å². The minimum Gasteiger partial charge on any atom is -0.361 e. The largest absolute Gasteiger partial charge is 0.361 e. The van der Waals surface area contributed by atoms with Gasteiger partial charge in [-0.15, -0.1) is 0 Å². The maximum atomic E-state index is 12.7. The van der Waals surface area contributed by atoms with Crippen LogP contribution in [0.15, 0.2) is 24.3 Å². The van der Waals surface area contributed by atoms with Gasteiger partial charge in [0.15, 0.2) is 0 Å². The van der Waals surface area contributed by atoms with E-state index in [4.69, 9.17) is 4.74 Å². The zero-order valence-corrected chi connectivity index (χ0v) is 9.45. The summed E-state index contributed by atoms with van der Waals surface area (Å²) in [5, 5.41) is 3.10. The predicted octanol–water partition coefficient (Wildman–Crippen LogP) is 1.20. The topological polar surface area (TPSA) is 24.5 Å². The third-order valence-electron chi connectivity index (χ3n) is 2.79. The number of rotatable bonds is 3. The smallest absolute Gasteiger partial charge is 0.123 e. The SMILES string of the molecule is CNC1CN(Cc2ccc(F)cc2)CCO1. The molecule has 4 heteroatoms. The lowest BCUT2D eigenvalue weighted by Gasteiger charge is -2.32. The molecule has 0 spiro atoms. The number of hydrogen-bond donors (Lipinski definition) is 1. The van der Waals surface area contributed by atoms with Crippen LogP contribution in [-0.2, 0) is 11.3 Å². The molecule has 1 aromatic rings. The van der Waals surface area contributed by atoms with Crippen molar-refractivity contribution >= 4 is 0 Å². The zero-order valence-electron chi connectivity index (χ0n) is 9.45. The van der Waals surface area contributed by atoms with E-state index in [1.165, 1.54) is 12.1 Å². The summed E-state index contributed by atoms with van der Waals surface area (Å²) in [6, 6.07) is 6.68. The van der Waals surface area contributed by atoms with Gasteiger partial charge in [0.25, 0.3) is 0 Å². The number of nitrogens with zero attached hydrogens (tertiary/aromatic N) is 1. The highest BCUT2D eigenvalue weighted by Gasteiger charge is 2.18. The molecule has 1 aliphatic heterocycles. The Kier molecular flexibility index (Phi) is 3.88. The molecule has 2 rings (SSSR count). The van der Waals surface area contributed by atoms with Crippen molar-refractivity contribution in [2.45, 2.75) is 12.8 Å². The van der Waals surface area contributed by atoms with E-state index in [-0.39, 0.29) is 12.0 Å². The minimum absolute atomic E-state index is 0.106. The molecule has 1 unspecified atom stereocenters. The van der Waals surface area contributed by atoms with Crippen molar-refractivity contribution in [1.82, 2.24) is 10.2 Å². The first kappa shape index (κ1) is 11.5. The second-order valence-electron chi connectivity index (χ2n) is 4.01. The summed E-state index contributed by atoms with van der Waals surface area (Å²) in [6.45, 7) is 3.39. The van der Waals surface area contributed by atoms with Crippen LogP contribution < -0.4 is 5.32 Å². The first-order valence-electron chi connectivity index (χ1n) is 5.53. The summed E-state index contributed by atoms with van der Waals surface area (Å²) in [7, 11) is 1.89. The number of halogens is 1. The highest BCUT2D eigenvalue weighted by Crippen LogP contribution is 2.10. The lowest BCUT2D eigenvalue weighted by molar-refractivity contribution is -0.0442. The van der Waals surface area contributed by atoms with E-state index in [9.17, 15) is 4.39 Å². The molecule has 1 aromatic carbocycles. The summed E-state index contributed by atoms with van der Waals surface area (Å²) in [6.07, 6.45) is 0.106. The Hall–Kier alpha value is -0.970. The first-order valence-corrected chi connectivity index (χ1v) is 5.53. The highest BCUT2D eigenvalue weighted by molar-refractivity contribution is 5.15. The van der Waals surface area contributed by atoms with Crippen molar-refractivity contribution in [3.05, 3.63) is 35.6 Å². The fraction of sp³-hybridized carbons (Fsp3) is 0.500. The molecule has 0 radical (unpaired) electrons. The molecule has 0 amide bonds. The molecular formula is C12H17FN2O. The predicted molar refractivity (Wildman–Crippen MR) is 60.5 cm³/mol. The molecule has 1 saturated heterocycles. The number of benzene rings is 1. The van der Waals surface area contributed by atoms with Gasteiger partial charge in [0, 0.05) is 19.6 Å². The number of morpholine rings is 1. The average molecular weight is 224 g/mol. The Morgan fingerprint density at radius 2 is 2.19 bits per heavy atom. The maximum absolute atomic E-state index is 12.7. The molecule has 0 saturated carbocycles. The van der Waals surface area contributed by atoms with Crippen molar-refractivity contribution < 1.29 is 9.13 Å². The van der Waals surface area contributed by atoms with Gasteiger partial charge in [-0.05, 0) is 24.7 Å². The van der Waals surface area contributed by atoms with Gasteiger partial charge in [-0.25, -0.2) is 4.39 Å². The van der Waals surface area contributed by atoms with Gasteiger partial charge in [-0.1, -0.05) is 12.1 Å². The maximum Gasteiger partial charge on any atom is 0.123 e. The summed E-state index contributed by atoms with van der Waals surface area (Å²) in [5.74, 6) is -0.182. The van der Waals surface area contributed by atoms with Gasteiger partial charge in [-0.2, -0.15) is 0 Å². The quantitative estimate of drug-likeness (QED) is 0.835. The standard InChI is InChI=1S/C12H17FN2O/c1-14-12-9-15(6-7-16-12)8-10-2-4-11(13)5-3-10/h2-5,12,14H,6-9H2,1H3. The molecule has 88 valence electrons. The molecule has 3 nitrogen and oxygen atoms in total. The Morgan fingerprint density at radius 3 is 2.88 bits per heavy atom. The van der Waals surface area contributed by atoms with Crippen LogP contribution in [-0.4, -0.2) is 37.9 Å². The lowest BCUT2D eigenvalue weighted by Crippen LogP contribution is -2.47. The van der Waals surface area contributed by atoms with Gasteiger partial charge >= 0.3 is 0 Å². The van der Waals surface area contributed by atoms with Gasteiger partial charge < -0.3 is 4.74 Å². The molecule has 1 heterocycles. The highest BCUT2D eigenvalue weighted by atomic mass is 19.1. The van der Waals surface area contributed by atoms with Crippen LogP contribution >= 0.6 is 0 Å². The number of ether oxygens (including phenoxy) is 1. The third kappa shape index (κ3) is 3.01. The van der Waals surface area contributed by atoms with Gasteiger partial charge in [0.2, 0.25) is 0 Å². The van der Waals surface area contributed by atoms with Gasteiger partial charge in [0.1, 0.15) is 12.0 Å². The van der Waals surface area contributed by atoms with Crippen LogP contribution in [0.1, 0.15) is 5.56 Å². The minimum atomic E-state index is -0.182. The van der Waals surface area contributed by atoms with Crippen LogP contribution in [0.25, 0.3) is 0 Å². The number of nitrogens with one attached hydrogen (secondary N) is 1. The number of likely N-dealkylation sites (N-methyl/N-ethyl adjacent to an activating group) is 1. The monoisotopic (exact) mass is 224 g/mol. The Morgan fingerprint density at radius 1 is 1.44 bits per heavy atom. The Bertz CT molecular complexity index is 328. The third-order valence-corrected chi connectivity index (χ3v) is 2.79. The molecule has 16 heavy (non-hydrogen) atoms. The summed E-state index contributed by atoms with van der Waals surface area (Å²) in [5.41, 5.74) is 1.14. The van der Waals surface area contributed by atoms with Gasteiger partial charge in [-0.3, -0.25) is 10.2 Å². The van der Waals surface area contributed by atoms with E-state index in [0.717, 1.165) is 31.8 Å². The van der Waals surface area contributed by atoms with E-state index >= 15 is 0 Å². The van der Waals surface area contributed by atoms with Crippen LogP contribution in [0.3, 0.4) is 0 Å². The van der Waals surface area contributed by atoms with E-state index in [0.29, 0.717) is 0 Å². The van der Waals surface area contributed by atoms with Crippen LogP contribution in [0.4, 0.5) is 4.39 Å². The van der Waals surface area contributed by atoms with Crippen molar-refractivity contribution in [2.24, 2.45) is 0 Å². The Labute approximate surface area is 95.2 Å². The molecule has 0 aromatic heterocycles. The molecule has 1 N–H and O–H groups in total. The summed E-state index contributed by atoms with van der Waals surface area (Å²) in [4.78, 5) is 2.30. The summed E-state index contributed by atoms with van der Waals surface area (Å²) >= 11 is 0. The van der Waals surface area contributed by atoms with Crippen LogP contribution in [0.5, 0.6) is 0 Å². The zero-order chi connectivity index (χ0) is 11.4. The van der Waals surface area contributed by atoms with Crippen molar-refractivity contribution in [3.63, 3.8) is 0 Å². The molecular weight excluding hydrogens is 207 g/mol. The molecule has 0 bridgehead atoms. The van der Waals surface area contributed by atoms with E-state index in [1.807, 2.05) is 19.2 Å². The van der Waals surface area contributed by atoms with Gasteiger partial charge in [0.05, 0.1) is 6.61 Å². The van der Waals surface area contributed by atoms with E-state index < -0.39 is 0 Å². The molecule has 1 fully saturated rings.